The lowest BCUT2D eigenvalue weighted by Gasteiger charge is -2.26. The first-order valence-electron chi connectivity index (χ1n) is 10.7. The Morgan fingerprint density at radius 1 is 1.29 bits per heavy atom. The summed E-state index contributed by atoms with van der Waals surface area (Å²) in [6.07, 6.45) is 6.52. The summed E-state index contributed by atoms with van der Waals surface area (Å²) in [5.41, 5.74) is 4.72. The van der Waals surface area contributed by atoms with Crippen molar-refractivity contribution in [2.75, 3.05) is 25.0 Å². The molecule has 4 rings (SSSR count). The molecule has 1 aliphatic heterocycles. The Kier molecular flexibility index (Phi) is 6.16. The summed E-state index contributed by atoms with van der Waals surface area (Å²) in [5, 5.41) is 16.1. The van der Waals surface area contributed by atoms with Gasteiger partial charge in [0.25, 0.3) is 0 Å². The molecule has 1 N–H and O–H groups in total. The maximum absolute atomic E-state index is 12.9. The smallest absolute Gasteiger partial charge is 0.333 e. The number of nitrogens with one attached hydrogen (secondary N) is 1. The van der Waals surface area contributed by atoms with Gasteiger partial charge in [0, 0.05) is 49.2 Å². The Hall–Kier alpha value is -4.06. The molecule has 0 unspecified atom stereocenters. The summed E-state index contributed by atoms with van der Waals surface area (Å²) >= 11 is 0. The van der Waals surface area contributed by atoms with Crippen LogP contribution in [0.4, 0.5) is 14.6 Å². The van der Waals surface area contributed by atoms with Crippen LogP contribution in [-0.2, 0) is 0 Å². The van der Waals surface area contributed by atoms with Gasteiger partial charge in [0.15, 0.2) is 0 Å². The first-order chi connectivity index (χ1) is 16.2. The molecule has 174 valence electrons. The van der Waals surface area contributed by atoms with E-state index in [1.165, 1.54) is 12.4 Å². The van der Waals surface area contributed by atoms with Crippen LogP contribution in [-0.4, -0.2) is 39.9 Å². The number of alkyl halides is 2. The van der Waals surface area contributed by atoms with E-state index in [0.29, 0.717) is 34.7 Å². The van der Waals surface area contributed by atoms with Crippen molar-refractivity contribution >= 4 is 23.2 Å². The average molecular weight is 462 g/mol. The number of rotatable bonds is 7. The van der Waals surface area contributed by atoms with E-state index in [2.05, 4.69) is 28.0 Å². The van der Waals surface area contributed by atoms with Crippen LogP contribution < -0.4 is 10.2 Å². The quantitative estimate of drug-likeness (QED) is 0.542. The molecule has 0 saturated carbocycles. The van der Waals surface area contributed by atoms with Gasteiger partial charge in [-0.15, -0.1) is 0 Å². The zero-order valence-corrected chi connectivity index (χ0v) is 19.3. The highest BCUT2D eigenvalue weighted by Gasteiger charge is 2.21. The van der Waals surface area contributed by atoms with Crippen molar-refractivity contribution in [2.24, 2.45) is 5.41 Å². The second kappa shape index (κ2) is 9.06. The third-order valence-corrected chi connectivity index (χ3v) is 5.57. The summed E-state index contributed by atoms with van der Waals surface area (Å²) in [4.78, 5) is 11.3. The van der Waals surface area contributed by atoms with Gasteiger partial charge in [-0.1, -0.05) is 12.6 Å². The molecule has 0 spiro atoms. The van der Waals surface area contributed by atoms with Crippen LogP contribution in [0, 0.1) is 16.7 Å². The molecular formula is C25H25F2N7. The predicted octanol–water partition coefficient (Wildman–Crippen LogP) is 4.84. The van der Waals surface area contributed by atoms with E-state index >= 15 is 0 Å². The molecule has 0 aromatic carbocycles. The van der Waals surface area contributed by atoms with E-state index in [-0.39, 0.29) is 0 Å². The Morgan fingerprint density at radius 3 is 2.79 bits per heavy atom. The van der Waals surface area contributed by atoms with Gasteiger partial charge in [0.05, 0.1) is 34.8 Å². The van der Waals surface area contributed by atoms with Gasteiger partial charge in [-0.2, -0.15) is 19.1 Å². The number of likely N-dealkylation sites (N-methyl/N-ethyl adjacent to an activating group) is 1. The molecule has 0 radical (unpaired) electrons. The van der Waals surface area contributed by atoms with Crippen molar-refractivity contribution in [1.29, 1.82) is 5.26 Å². The van der Waals surface area contributed by atoms with E-state index in [1.807, 2.05) is 56.1 Å². The minimum absolute atomic E-state index is 0.455. The number of anilines is 1. The first-order valence-corrected chi connectivity index (χ1v) is 10.7. The second-order valence-corrected chi connectivity index (χ2v) is 8.89. The van der Waals surface area contributed by atoms with E-state index in [9.17, 15) is 14.0 Å². The molecule has 34 heavy (non-hydrogen) atoms. The summed E-state index contributed by atoms with van der Waals surface area (Å²) in [6, 6.07) is 9.88. The highest BCUT2D eigenvalue weighted by atomic mass is 19.3. The van der Waals surface area contributed by atoms with E-state index in [1.54, 1.807) is 6.20 Å². The topological polar surface area (TPSA) is 82.7 Å². The number of hydrogen-bond donors (Lipinski definition) is 1. The zero-order valence-electron chi connectivity index (χ0n) is 19.3. The molecule has 0 amide bonds. The lowest BCUT2D eigenvalue weighted by molar-refractivity contribution is 0.0566. The van der Waals surface area contributed by atoms with Crippen LogP contribution in [0.2, 0.25) is 0 Å². The number of hydrogen-bond acceptors (Lipinski definition) is 6. The molecular weight excluding hydrogens is 436 g/mol. The lowest BCUT2D eigenvalue weighted by atomic mass is 9.96. The predicted molar refractivity (Wildman–Crippen MR) is 129 cm³/mol. The van der Waals surface area contributed by atoms with E-state index in [0.717, 1.165) is 28.2 Å². The molecule has 0 aliphatic carbocycles. The van der Waals surface area contributed by atoms with Crippen molar-refractivity contribution in [3.8, 4) is 17.3 Å². The van der Waals surface area contributed by atoms with Gasteiger partial charge >= 0.3 is 6.55 Å². The Balaban J connectivity index is 1.62. The standard InChI is InChI=1S/C25H25F2N7/c1-16(30-15-25(2,3)14-28)21-6-5-7-22(32-21)18-8-17-9-19(12-33(4)23(17)29-10-18)20-11-31-34(13-20)24(26)27/h5-11,13,24,30H,1,12,15H2,2-4H3. The van der Waals surface area contributed by atoms with Crippen molar-refractivity contribution in [3.63, 3.8) is 0 Å². The van der Waals surface area contributed by atoms with Crippen LogP contribution in [0.5, 0.6) is 0 Å². The molecule has 7 nitrogen and oxygen atoms in total. The Morgan fingerprint density at radius 2 is 2.09 bits per heavy atom. The average Bonchev–Trinajstić information content (AvgIpc) is 3.33. The lowest BCUT2D eigenvalue weighted by Crippen LogP contribution is -2.27. The van der Waals surface area contributed by atoms with Gasteiger partial charge < -0.3 is 10.2 Å². The summed E-state index contributed by atoms with van der Waals surface area (Å²) < 4.78 is 26.5. The number of fused-ring (bicyclic) bond motifs is 1. The fourth-order valence-corrected chi connectivity index (χ4v) is 3.61. The normalized spacial score (nSPS) is 13.3. The summed E-state index contributed by atoms with van der Waals surface area (Å²) in [6.45, 7) is 6.08. The van der Waals surface area contributed by atoms with E-state index in [4.69, 9.17) is 4.98 Å². The minimum atomic E-state index is -2.68. The van der Waals surface area contributed by atoms with Crippen molar-refractivity contribution in [2.45, 2.75) is 20.4 Å². The van der Waals surface area contributed by atoms with Gasteiger partial charge in [-0.25, -0.2) is 14.6 Å². The number of halogens is 2. The largest absolute Gasteiger partial charge is 0.382 e. The third-order valence-electron chi connectivity index (χ3n) is 5.57. The molecule has 3 aromatic rings. The molecule has 4 heterocycles. The highest BCUT2D eigenvalue weighted by Crippen LogP contribution is 2.33. The molecule has 0 bridgehead atoms. The fraction of sp³-hybridized carbons (Fsp3) is 0.280. The van der Waals surface area contributed by atoms with Crippen molar-refractivity contribution < 1.29 is 8.78 Å². The molecule has 0 fully saturated rings. The van der Waals surface area contributed by atoms with Gasteiger partial charge in [-0.3, -0.25) is 0 Å². The van der Waals surface area contributed by atoms with Gasteiger partial charge in [-0.05, 0) is 43.7 Å². The molecule has 0 atom stereocenters. The van der Waals surface area contributed by atoms with Crippen LogP contribution >= 0.6 is 0 Å². The van der Waals surface area contributed by atoms with Crippen LogP contribution in [0.15, 0.2) is 49.4 Å². The van der Waals surface area contributed by atoms with E-state index < -0.39 is 12.0 Å². The van der Waals surface area contributed by atoms with Crippen molar-refractivity contribution in [3.05, 3.63) is 66.3 Å². The fourth-order valence-electron chi connectivity index (χ4n) is 3.61. The zero-order chi connectivity index (χ0) is 24.5. The van der Waals surface area contributed by atoms with Gasteiger partial charge in [0.1, 0.15) is 5.82 Å². The van der Waals surface area contributed by atoms with Crippen molar-refractivity contribution in [1.82, 2.24) is 25.1 Å². The first kappa shape index (κ1) is 23.1. The number of aromatic nitrogens is 4. The monoisotopic (exact) mass is 461 g/mol. The highest BCUT2D eigenvalue weighted by molar-refractivity contribution is 5.90. The SMILES string of the molecule is C=C(NCC(C)(C)C#N)c1cccc(-c2cnc3c(c2)C=C(c2cnn(C(F)F)c2)CN3C)n1. The molecule has 3 aromatic heterocycles. The Bertz CT molecular complexity index is 1300. The number of nitriles is 1. The number of nitrogens with zero attached hydrogens (tertiary/aromatic N) is 6. The summed E-state index contributed by atoms with van der Waals surface area (Å²) in [5.74, 6) is 0.801. The van der Waals surface area contributed by atoms with Gasteiger partial charge in [0.2, 0.25) is 0 Å². The molecule has 9 heteroatoms. The Labute approximate surface area is 197 Å². The maximum Gasteiger partial charge on any atom is 0.333 e. The van der Waals surface area contributed by atoms with Crippen LogP contribution in [0.1, 0.15) is 37.2 Å². The van der Waals surface area contributed by atoms with Crippen LogP contribution in [0.25, 0.3) is 28.6 Å². The molecule has 0 saturated heterocycles. The number of pyridine rings is 2. The summed E-state index contributed by atoms with van der Waals surface area (Å²) in [7, 11) is 1.91. The third kappa shape index (κ3) is 4.81. The molecule has 1 aliphatic rings. The maximum atomic E-state index is 12.9. The minimum Gasteiger partial charge on any atom is -0.382 e. The second-order valence-electron chi connectivity index (χ2n) is 8.89. The van der Waals surface area contributed by atoms with Crippen LogP contribution in [0.3, 0.4) is 0 Å².